The smallest absolute Gasteiger partial charge is 0.238 e. The highest BCUT2D eigenvalue weighted by Gasteiger charge is 2.08. The molecule has 104 valence electrons. The van der Waals surface area contributed by atoms with Crippen molar-refractivity contribution in [2.24, 2.45) is 10.9 Å². The Balaban J connectivity index is 2.31. The topological polar surface area (TPSA) is 111 Å². The molecule has 0 bridgehead atoms. The molecule has 1 aromatic carbocycles. The zero-order chi connectivity index (χ0) is 14.8. The number of sulfonamides is 1. The van der Waals surface area contributed by atoms with Crippen molar-refractivity contribution in [3.8, 4) is 0 Å². The molecule has 1 heterocycles. The van der Waals surface area contributed by atoms with Crippen LogP contribution < -0.4 is 16.2 Å². The molecule has 0 fully saturated rings. The maximum Gasteiger partial charge on any atom is 0.238 e. The minimum Gasteiger partial charge on any atom is -0.389 e. The number of rotatable bonds is 4. The fraction of sp³-hybridized carbons (Fsp3) is 0. The molecular formula is C12H12N4O2S2. The van der Waals surface area contributed by atoms with Crippen LogP contribution in [-0.2, 0) is 10.0 Å². The number of nitrogens with two attached hydrogens (primary N) is 2. The fourth-order valence-electron chi connectivity index (χ4n) is 1.55. The van der Waals surface area contributed by atoms with Gasteiger partial charge in [-0.25, -0.2) is 18.5 Å². The lowest BCUT2D eigenvalue weighted by molar-refractivity contribution is 0.598. The number of hydrogen-bond donors (Lipinski definition) is 3. The molecule has 0 unspecified atom stereocenters. The summed E-state index contributed by atoms with van der Waals surface area (Å²) < 4.78 is 22.6. The molecule has 1 aromatic heterocycles. The quantitative estimate of drug-likeness (QED) is 0.730. The average molecular weight is 308 g/mol. The molecule has 0 saturated heterocycles. The summed E-state index contributed by atoms with van der Waals surface area (Å²) in [6, 6.07) is 9.48. The van der Waals surface area contributed by atoms with Gasteiger partial charge in [-0.05, 0) is 30.3 Å². The second kappa shape index (κ2) is 5.53. The molecular weight excluding hydrogens is 296 g/mol. The molecule has 0 aliphatic rings. The van der Waals surface area contributed by atoms with E-state index in [-0.39, 0.29) is 9.88 Å². The summed E-state index contributed by atoms with van der Waals surface area (Å²) in [4.78, 5) is 4.38. The van der Waals surface area contributed by atoms with Crippen molar-refractivity contribution in [3.63, 3.8) is 0 Å². The van der Waals surface area contributed by atoms with E-state index in [0.29, 0.717) is 17.1 Å². The van der Waals surface area contributed by atoms with Gasteiger partial charge >= 0.3 is 0 Å². The van der Waals surface area contributed by atoms with E-state index in [4.69, 9.17) is 23.1 Å². The first-order valence-corrected chi connectivity index (χ1v) is 7.47. The van der Waals surface area contributed by atoms with Crippen LogP contribution in [-0.4, -0.2) is 18.4 Å². The van der Waals surface area contributed by atoms with Gasteiger partial charge in [-0.3, -0.25) is 0 Å². The molecule has 6 nitrogen and oxygen atoms in total. The number of hydrogen-bond acceptors (Lipinski definition) is 5. The van der Waals surface area contributed by atoms with Crippen LogP contribution in [0.1, 0.15) is 5.56 Å². The zero-order valence-electron chi connectivity index (χ0n) is 10.3. The molecule has 0 radical (unpaired) electrons. The van der Waals surface area contributed by atoms with Gasteiger partial charge in [0.25, 0.3) is 0 Å². The van der Waals surface area contributed by atoms with Gasteiger partial charge in [-0.15, -0.1) is 0 Å². The SMILES string of the molecule is NC(=S)c1ccnc(Nc2cccc(S(N)(=O)=O)c2)c1. The molecule has 0 amide bonds. The Kier molecular flexibility index (Phi) is 3.98. The second-order valence-electron chi connectivity index (χ2n) is 3.99. The number of primary sulfonamides is 1. The average Bonchev–Trinajstić information content (AvgIpc) is 2.38. The van der Waals surface area contributed by atoms with Crippen LogP contribution >= 0.6 is 12.2 Å². The van der Waals surface area contributed by atoms with Crippen LogP contribution in [0.3, 0.4) is 0 Å². The van der Waals surface area contributed by atoms with Gasteiger partial charge in [0.2, 0.25) is 10.0 Å². The lowest BCUT2D eigenvalue weighted by Gasteiger charge is -2.08. The minimum absolute atomic E-state index is 0.0213. The molecule has 0 atom stereocenters. The van der Waals surface area contributed by atoms with Gasteiger partial charge in [0.1, 0.15) is 10.8 Å². The van der Waals surface area contributed by atoms with E-state index >= 15 is 0 Å². The maximum absolute atomic E-state index is 11.3. The number of benzene rings is 1. The Labute approximate surface area is 121 Å². The highest BCUT2D eigenvalue weighted by atomic mass is 32.2. The van der Waals surface area contributed by atoms with E-state index in [1.807, 2.05) is 0 Å². The minimum atomic E-state index is -3.74. The van der Waals surface area contributed by atoms with E-state index < -0.39 is 10.0 Å². The molecule has 0 aliphatic carbocycles. The number of nitrogens with zero attached hydrogens (tertiary/aromatic N) is 1. The molecule has 2 rings (SSSR count). The third kappa shape index (κ3) is 3.50. The lowest BCUT2D eigenvalue weighted by atomic mass is 10.2. The second-order valence-corrected chi connectivity index (χ2v) is 5.99. The Hall–Kier alpha value is -2.03. The van der Waals surface area contributed by atoms with E-state index in [0.717, 1.165) is 0 Å². The number of aromatic nitrogens is 1. The van der Waals surface area contributed by atoms with E-state index in [1.54, 1.807) is 30.5 Å². The van der Waals surface area contributed by atoms with Gasteiger partial charge in [0.05, 0.1) is 4.90 Å². The molecule has 0 aliphatic heterocycles. The Bertz CT molecular complexity index is 760. The number of nitrogens with one attached hydrogen (secondary N) is 1. The molecule has 2 aromatic rings. The zero-order valence-corrected chi connectivity index (χ0v) is 11.9. The van der Waals surface area contributed by atoms with Crippen LogP contribution in [0.2, 0.25) is 0 Å². The van der Waals surface area contributed by atoms with Gasteiger partial charge < -0.3 is 11.1 Å². The summed E-state index contributed by atoms with van der Waals surface area (Å²) in [7, 11) is -3.74. The summed E-state index contributed by atoms with van der Waals surface area (Å²) in [5.74, 6) is 0.502. The number of thiocarbonyl (C=S) groups is 1. The van der Waals surface area contributed by atoms with Crippen molar-refractivity contribution in [3.05, 3.63) is 48.2 Å². The monoisotopic (exact) mass is 308 g/mol. The van der Waals surface area contributed by atoms with E-state index in [2.05, 4.69) is 10.3 Å². The largest absolute Gasteiger partial charge is 0.389 e. The summed E-state index contributed by atoms with van der Waals surface area (Å²) in [5.41, 5.74) is 6.75. The van der Waals surface area contributed by atoms with Crippen LogP contribution in [0.25, 0.3) is 0 Å². The maximum atomic E-state index is 11.3. The molecule has 20 heavy (non-hydrogen) atoms. The van der Waals surface area contributed by atoms with Crippen LogP contribution in [0.5, 0.6) is 0 Å². The van der Waals surface area contributed by atoms with Crippen LogP contribution in [0.4, 0.5) is 11.5 Å². The van der Waals surface area contributed by atoms with Gasteiger partial charge in [0, 0.05) is 17.4 Å². The van der Waals surface area contributed by atoms with E-state index in [1.165, 1.54) is 12.1 Å². The summed E-state index contributed by atoms with van der Waals surface area (Å²) in [6.45, 7) is 0. The van der Waals surface area contributed by atoms with Crippen molar-refractivity contribution in [2.75, 3.05) is 5.32 Å². The van der Waals surface area contributed by atoms with Crippen molar-refractivity contribution in [1.29, 1.82) is 0 Å². The van der Waals surface area contributed by atoms with Crippen molar-refractivity contribution in [1.82, 2.24) is 4.98 Å². The third-order valence-electron chi connectivity index (χ3n) is 2.48. The highest BCUT2D eigenvalue weighted by Crippen LogP contribution is 2.18. The summed E-state index contributed by atoms with van der Waals surface area (Å²) in [6.07, 6.45) is 1.56. The summed E-state index contributed by atoms with van der Waals surface area (Å²) in [5, 5.41) is 8.04. The molecule has 5 N–H and O–H groups in total. The standard InChI is InChI=1S/C12H12N4O2S2/c13-12(19)8-4-5-15-11(6-8)16-9-2-1-3-10(7-9)20(14,17)18/h1-7H,(H2,13,19)(H,15,16)(H2,14,17,18). The molecule has 0 saturated carbocycles. The van der Waals surface area contributed by atoms with E-state index in [9.17, 15) is 8.42 Å². The normalized spacial score (nSPS) is 11.1. The van der Waals surface area contributed by atoms with Crippen molar-refractivity contribution in [2.45, 2.75) is 4.90 Å². The van der Waals surface area contributed by atoms with Crippen molar-refractivity contribution < 1.29 is 8.42 Å². The van der Waals surface area contributed by atoms with Crippen molar-refractivity contribution >= 4 is 38.7 Å². The fourth-order valence-corrected chi connectivity index (χ4v) is 2.24. The van der Waals surface area contributed by atoms with Gasteiger partial charge in [-0.1, -0.05) is 18.3 Å². The molecule has 0 spiro atoms. The molecule has 8 heteroatoms. The highest BCUT2D eigenvalue weighted by molar-refractivity contribution is 7.89. The number of pyridine rings is 1. The number of anilines is 2. The first-order valence-electron chi connectivity index (χ1n) is 5.52. The van der Waals surface area contributed by atoms with Crippen LogP contribution in [0, 0.1) is 0 Å². The predicted octanol–water partition coefficient (Wildman–Crippen LogP) is 1.11. The Morgan fingerprint density at radius 3 is 2.65 bits per heavy atom. The first-order chi connectivity index (χ1) is 9.36. The Morgan fingerprint density at radius 1 is 1.25 bits per heavy atom. The summed E-state index contributed by atoms with van der Waals surface area (Å²) >= 11 is 4.88. The predicted molar refractivity (Wildman–Crippen MR) is 81.2 cm³/mol. The lowest BCUT2D eigenvalue weighted by Crippen LogP contribution is -2.12. The Morgan fingerprint density at radius 2 is 2.00 bits per heavy atom. The van der Waals surface area contributed by atoms with Gasteiger partial charge in [-0.2, -0.15) is 0 Å². The third-order valence-corrected chi connectivity index (χ3v) is 3.63. The van der Waals surface area contributed by atoms with Gasteiger partial charge in [0.15, 0.2) is 0 Å². The van der Waals surface area contributed by atoms with Crippen LogP contribution in [0.15, 0.2) is 47.5 Å². The first kappa shape index (κ1) is 14.4.